The van der Waals surface area contributed by atoms with E-state index in [2.05, 4.69) is 4.74 Å². The maximum Gasteiger partial charge on any atom is 0.417 e. The smallest absolute Gasteiger partial charge is 0.417 e. The van der Waals surface area contributed by atoms with Gasteiger partial charge in [-0.2, -0.15) is 22.0 Å². The molecule has 0 aliphatic carbocycles. The number of benzene rings is 1. The topological polar surface area (TPSA) is 9.23 Å². The first-order chi connectivity index (χ1) is 7.23. The molecule has 0 saturated carbocycles. The summed E-state index contributed by atoms with van der Waals surface area (Å²) >= 11 is 10.7. The normalized spacial score (nSPS) is 12.0. The van der Waals surface area contributed by atoms with Gasteiger partial charge < -0.3 is 4.74 Å². The summed E-state index contributed by atoms with van der Waals surface area (Å²) in [5, 5.41) is -1.40. The second-order valence-electron chi connectivity index (χ2n) is 2.61. The summed E-state index contributed by atoms with van der Waals surface area (Å²) in [7, 11) is 0. The van der Waals surface area contributed by atoms with Gasteiger partial charge in [-0.3, -0.25) is 0 Å². The molecule has 0 atom stereocenters. The average Bonchev–Trinajstić information content (AvgIpc) is 2.09. The highest BCUT2D eigenvalue weighted by molar-refractivity contribution is 6.37. The van der Waals surface area contributed by atoms with Crippen LogP contribution in [0.2, 0.25) is 10.0 Å². The molecule has 16 heavy (non-hydrogen) atoms. The number of hydrogen-bond donors (Lipinski definition) is 0. The Balaban J connectivity index is 3.27. The molecule has 1 nitrogen and oxygen atoms in total. The highest BCUT2D eigenvalue weighted by atomic mass is 35.5. The van der Waals surface area contributed by atoms with Gasteiger partial charge >= 0.3 is 12.8 Å². The fourth-order valence-corrected chi connectivity index (χ4v) is 1.52. The Morgan fingerprint density at radius 1 is 1.12 bits per heavy atom. The van der Waals surface area contributed by atoms with Gasteiger partial charge in [-0.15, -0.1) is 0 Å². The van der Waals surface area contributed by atoms with Crippen molar-refractivity contribution in [3.63, 3.8) is 0 Å². The van der Waals surface area contributed by atoms with Crippen LogP contribution < -0.4 is 4.74 Å². The van der Waals surface area contributed by atoms with Gasteiger partial charge in [0.15, 0.2) is 5.75 Å². The Morgan fingerprint density at radius 2 is 1.69 bits per heavy atom. The molecule has 0 saturated heterocycles. The molecule has 8 heteroatoms. The second kappa shape index (κ2) is 4.63. The maximum atomic E-state index is 12.3. The predicted octanol–water partition coefficient (Wildman–Crippen LogP) is 4.61. The zero-order chi connectivity index (χ0) is 12.5. The molecular formula is C8H3Cl2F5O. The van der Waals surface area contributed by atoms with Crippen molar-refractivity contribution in [2.75, 3.05) is 0 Å². The number of alkyl halides is 5. The fraction of sp³-hybridized carbons (Fsp3) is 0.250. The van der Waals surface area contributed by atoms with E-state index < -0.39 is 34.1 Å². The van der Waals surface area contributed by atoms with E-state index in [0.29, 0.717) is 6.07 Å². The van der Waals surface area contributed by atoms with Crippen molar-refractivity contribution >= 4 is 23.2 Å². The predicted molar refractivity (Wildman–Crippen MR) is 48.1 cm³/mol. The summed E-state index contributed by atoms with van der Waals surface area (Å²) in [4.78, 5) is 0. The summed E-state index contributed by atoms with van der Waals surface area (Å²) in [6.07, 6.45) is -4.76. The van der Waals surface area contributed by atoms with Crippen LogP contribution in [0.25, 0.3) is 0 Å². The first-order valence-electron chi connectivity index (χ1n) is 3.73. The van der Waals surface area contributed by atoms with E-state index in [-0.39, 0.29) is 0 Å². The Hall–Kier alpha value is -0.750. The second-order valence-corrected chi connectivity index (χ2v) is 3.40. The molecule has 0 unspecified atom stereocenters. The summed E-state index contributed by atoms with van der Waals surface area (Å²) in [6, 6.07) is 1.37. The van der Waals surface area contributed by atoms with Crippen LogP contribution in [0.5, 0.6) is 5.75 Å². The van der Waals surface area contributed by atoms with Crippen molar-refractivity contribution in [2.24, 2.45) is 0 Å². The third kappa shape index (κ3) is 2.89. The zero-order valence-electron chi connectivity index (χ0n) is 7.29. The molecule has 0 bridgehead atoms. The standard InChI is InChI=1S/C8H3Cl2F5O/c9-4-2-1-3(8(13,14)15)5(10)6(4)16-7(11)12/h1-2,7H. The Labute approximate surface area is 96.7 Å². The lowest BCUT2D eigenvalue weighted by Gasteiger charge is -2.14. The highest BCUT2D eigenvalue weighted by Gasteiger charge is 2.35. The molecule has 0 heterocycles. The number of hydrogen-bond acceptors (Lipinski definition) is 1. The van der Waals surface area contributed by atoms with Crippen molar-refractivity contribution in [2.45, 2.75) is 12.8 Å². The molecule has 0 aliphatic rings. The van der Waals surface area contributed by atoms with Crippen LogP contribution in [0.1, 0.15) is 5.56 Å². The molecule has 1 aromatic carbocycles. The van der Waals surface area contributed by atoms with Crippen molar-refractivity contribution in [1.82, 2.24) is 0 Å². The van der Waals surface area contributed by atoms with Crippen LogP contribution in [0, 0.1) is 0 Å². The first-order valence-corrected chi connectivity index (χ1v) is 4.49. The number of halogens is 7. The van der Waals surface area contributed by atoms with Gasteiger partial charge in [0.2, 0.25) is 0 Å². The van der Waals surface area contributed by atoms with E-state index in [9.17, 15) is 22.0 Å². The molecule has 0 spiro atoms. The molecule has 0 fully saturated rings. The Kier molecular flexibility index (Phi) is 3.85. The van der Waals surface area contributed by atoms with Gasteiger partial charge in [0, 0.05) is 0 Å². The van der Waals surface area contributed by atoms with Crippen molar-refractivity contribution in [1.29, 1.82) is 0 Å². The van der Waals surface area contributed by atoms with Gasteiger partial charge in [-0.25, -0.2) is 0 Å². The quantitative estimate of drug-likeness (QED) is 0.719. The number of rotatable bonds is 2. The van der Waals surface area contributed by atoms with E-state index in [1.165, 1.54) is 0 Å². The molecule has 1 rings (SSSR count). The first kappa shape index (κ1) is 13.3. The lowest BCUT2D eigenvalue weighted by molar-refractivity contribution is -0.137. The maximum absolute atomic E-state index is 12.3. The minimum absolute atomic E-state index is 0.418. The van der Waals surface area contributed by atoms with Crippen molar-refractivity contribution < 1.29 is 26.7 Å². The van der Waals surface area contributed by atoms with Crippen molar-refractivity contribution in [3.8, 4) is 5.75 Å². The van der Waals surface area contributed by atoms with Gasteiger partial charge in [0.05, 0.1) is 15.6 Å². The Bertz CT molecular complexity index is 391. The summed E-state index contributed by atoms with van der Waals surface area (Å²) < 4.78 is 64.6. The molecule has 0 N–H and O–H groups in total. The SMILES string of the molecule is FC(F)Oc1c(Cl)ccc(C(F)(F)F)c1Cl. The van der Waals surface area contributed by atoms with Crippen molar-refractivity contribution in [3.05, 3.63) is 27.7 Å². The van der Waals surface area contributed by atoms with E-state index >= 15 is 0 Å². The molecule has 0 aliphatic heterocycles. The number of ether oxygens (including phenoxy) is 1. The van der Waals surface area contributed by atoms with Crippen LogP contribution >= 0.6 is 23.2 Å². The van der Waals surface area contributed by atoms with Gasteiger partial charge in [-0.1, -0.05) is 23.2 Å². The zero-order valence-corrected chi connectivity index (χ0v) is 8.80. The summed E-state index contributed by atoms with van der Waals surface area (Å²) in [5.74, 6) is -0.881. The Morgan fingerprint density at radius 3 is 2.12 bits per heavy atom. The minimum Gasteiger partial charge on any atom is -0.432 e. The summed E-state index contributed by atoms with van der Waals surface area (Å²) in [5.41, 5.74) is -1.28. The van der Waals surface area contributed by atoms with E-state index in [1.807, 2.05) is 0 Å². The van der Waals surface area contributed by atoms with Crippen LogP contribution in [-0.4, -0.2) is 6.61 Å². The van der Waals surface area contributed by atoms with Crippen LogP contribution in [0.3, 0.4) is 0 Å². The minimum atomic E-state index is -4.76. The largest absolute Gasteiger partial charge is 0.432 e. The van der Waals surface area contributed by atoms with Gasteiger partial charge in [-0.05, 0) is 12.1 Å². The van der Waals surface area contributed by atoms with Crippen LogP contribution in [0.4, 0.5) is 22.0 Å². The lowest BCUT2D eigenvalue weighted by Crippen LogP contribution is -2.09. The third-order valence-electron chi connectivity index (χ3n) is 1.56. The lowest BCUT2D eigenvalue weighted by atomic mass is 10.2. The monoisotopic (exact) mass is 280 g/mol. The molecule has 0 aromatic heterocycles. The van der Waals surface area contributed by atoms with E-state index in [1.54, 1.807) is 0 Å². The van der Waals surface area contributed by atoms with E-state index in [4.69, 9.17) is 23.2 Å². The third-order valence-corrected chi connectivity index (χ3v) is 2.23. The van der Waals surface area contributed by atoms with Crippen LogP contribution in [-0.2, 0) is 6.18 Å². The average molecular weight is 281 g/mol. The molecule has 1 aromatic rings. The fourth-order valence-electron chi connectivity index (χ4n) is 0.949. The summed E-state index contributed by atoms with van der Waals surface area (Å²) in [6.45, 7) is -3.31. The molecule has 90 valence electrons. The van der Waals surface area contributed by atoms with Gasteiger partial charge in [0.1, 0.15) is 0 Å². The van der Waals surface area contributed by atoms with Gasteiger partial charge in [0.25, 0.3) is 0 Å². The van der Waals surface area contributed by atoms with E-state index in [0.717, 1.165) is 6.07 Å². The highest BCUT2D eigenvalue weighted by Crippen LogP contribution is 2.43. The molecular weight excluding hydrogens is 278 g/mol. The molecule has 0 radical (unpaired) electrons. The molecule has 0 amide bonds. The van der Waals surface area contributed by atoms with Crippen LogP contribution in [0.15, 0.2) is 12.1 Å².